The minimum absolute atomic E-state index is 0.0192. The maximum atomic E-state index is 11.2. The molecule has 2 rings (SSSR count). The van der Waals surface area contributed by atoms with Crippen LogP contribution < -0.4 is 0 Å². The van der Waals surface area contributed by atoms with E-state index in [2.05, 4.69) is 0 Å². The Bertz CT molecular complexity index is 600. The van der Waals surface area contributed by atoms with Crippen LogP contribution in [0.25, 0.3) is 10.9 Å². The van der Waals surface area contributed by atoms with E-state index in [0.29, 0.717) is 35.7 Å². The van der Waals surface area contributed by atoms with Crippen LogP contribution in [0.15, 0.2) is 24.4 Å². The zero-order valence-electron chi connectivity index (χ0n) is 9.67. The van der Waals surface area contributed by atoms with Crippen LogP contribution in [0.5, 0.6) is 0 Å². The number of rotatable bonds is 5. The molecular weight excluding hydrogens is 234 g/mol. The number of benzene rings is 1. The number of fused-ring (bicyclic) bond motifs is 1. The second-order valence-corrected chi connectivity index (χ2v) is 3.98. The number of aliphatic hydroxyl groups excluding tert-OH is 1. The first kappa shape index (κ1) is 12.3. The summed E-state index contributed by atoms with van der Waals surface area (Å²) in [6.45, 7) is 0.496. The summed E-state index contributed by atoms with van der Waals surface area (Å²) in [5, 5.41) is 18.6. The Labute approximate surface area is 103 Å². The minimum Gasteiger partial charge on any atom is -0.478 e. The van der Waals surface area contributed by atoms with Crippen molar-refractivity contribution in [2.75, 3.05) is 6.61 Å². The van der Waals surface area contributed by atoms with E-state index < -0.39 is 5.97 Å². The molecule has 0 aliphatic rings. The number of hydrogen-bond acceptors (Lipinski definition) is 3. The Hall–Kier alpha value is -2.14. The number of aldehydes is 1. The van der Waals surface area contributed by atoms with Crippen molar-refractivity contribution in [1.29, 1.82) is 0 Å². The second kappa shape index (κ2) is 5.01. The van der Waals surface area contributed by atoms with E-state index in [4.69, 9.17) is 10.2 Å². The Kier molecular flexibility index (Phi) is 3.43. The molecule has 2 aromatic rings. The zero-order valence-corrected chi connectivity index (χ0v) is 9.67. The summed E-state index contributed by atoms with van der Waals surface area (Å²) in [6.07, 6.45) is 2.85. The van der Waals surface area contributed by atoms with Crippen molar-refractivity contribution in [3.8, 4) is 0 Å². The fourth-order valence-electron chi connectivity index (χ4n) is 2.07. The van der Waals surface area contributed by atoms with Gasteiger partial charge in [0.2, 0.25) is 0 Å². The fraction of sp³-hybridized carbons (Fsp3) is 0.231. The second-order valence-electron chi connectivity index (χ2n) is 3.98. The minimum atomic E-state index is -1.03. The molecule has 1 heterocycles. The van der Waals surface area contributed by atoms with E-state index in [1.54, 1.807) is 22.9 Å². The molecule has 2 N–H and O–H groups in total. The zero-order chi connectivity index (χ0) is 13.1. The van der Waals surface area contributed by atoms with Crippen molar-refractivity contribution in [2.24, 2.45) is 0 Å². The van der Waals surface area contributed by atoms with Crippen LogP contribution in [0, 0.1) is 0 Å². The molecule has 0 saturated heterocycles. The summed E-state index contributed by atoms with van der Waals surface area (Å²) in [7, 11) is 0. The van der Waals surface area contributed by atoms with Crippen LogP contribution in [0.1, 0.15) is 27.1 Å². The summed E-state index contributed by atoms with van der Waals surface area (Å²) in [5.74, 6) is -1.03. The third kappa shape index (κ3) is 2.00. The smallest absolute Gasteiger partial charge is 0.337 e. The molecule has 0 aliphatic carbocycles. The molecule has 0 fully saturated rings. The van der Waals surface area contributed by atoms with Gasteiger partial charge >= 0.3 is 5.97 Å². The van der Waals surface area contributed by atoms with Crippen molar-refractivity contribution in [2.45, 2.75) is 13.0 Å². The number of carbonyl (C=O) groups excluding carboxylic acids is 1. The molecule has 0 aliphatic heterocycles. The molecule has 1 aromatic carbocycles. The maximum absolute atomic E-state index is 11.2. The first-order valence-corrected chi connectivity index (χ1v) is 5.60. The molecule has 0 amide bonds. The molecule has 0 bridgehead atoms. The van der Waals surface area contributed by atoms with Gasteiger partial charge in [-0.2, -0.15) is 0 Å². The van der Waals surface area contributed by atoms with E-state index in [-0.39, 0.29) is 12.2 Å². The predicted molar refractivity (Wildman–Crippen MR) is 66.0 cm³/mol. The quantitative estimate of drug-likeness (QED) is 0.785. The Balaban J connectivity index is 2.68. The Morgan fingerprint density at radius 1 is 1.39 bits per heavy atom. The monoisotopic (exact) mass is 247 g/mol. The first-order chi connectivity index (χ1) is 8.69. The highest BCUT2D eigenvalue weighted by Crippen LogP contribution is 2.24. The molecule has 5 heteroatoms. The van der Waals surface area contributed by atoms with Gasteiger partial charge in [0, 0.05) is 30.3 Å². The molecule has 0 saturated carbocycles. The van der Waals surface area contributed by atoms with Gasteiger partial charge in [-0.1, -0.05) is 12.1 Å². The maximum Gasteiger partial charge on any atom is 0.337 e. The number of carboxylic acid groups (broad SMARTS) is 1. The van der Waals surface area contributed by atoms with Gasteiger partial charge in [-0.05, 0) is 12.5 Å². The fourth-order valence-corrected chi connectivity index (χ4v) is 2.07. The standard InChI is InChI=1S/C13H13NO4/c15-6-2-5-14-7-9(8-16)10-3-1-4-11(12(10)14)13(17)18/h1,3-4,7-8,15H,2,5-6H2,(H,17,18). The number of aromatic nitrogens is 1. The summed E-state index contributed by atoms with van der Waals surface area (Å²) in [5.41, 5.74) is 1.16. The number of nitrogens with zero attached hydrogens (tertiary/aromatic N) is 1. The van der Waals surface area contributed by atoms with E-state index in [0.717, 1.165) is 0 Å². The van der Waals surface area contributed by atoms with Crippen molar-refractivity contribution in [3.05, 3.63) is 35.5 Å². The largest absolute Gasteiger partial charge is 0.478 e. The highest BCUT2D eigenvalue weighted by Gasteiger charge is 2.15. The van der Waals surface area contributed by atoms with Crippen LogP contribution in [-0.4, -0.2) is 33.6 Å². The first-order valence-electron chi connectivity index (χ1n) is 5.60. The van der Waals surface area contributed by atoms with E-state index in [1.807, 2.05) is 0 Å². The van der Waals surface area contributed by atoms with E-state index in [9.17, 15) is 9.59 Å². The summed E-state index contributed by atoms with van der Waals surface area (Å²) in [6, 6.07) is 4.85. The summed E-state index contributed by atoms with van der Waals surface area (Å²) >= 11 is 0. The van der Waals surface area contributed by atoms with Gasteiger partial charge in [-0.3, -0.25) is 4.79 Å². The third-order valence-corrected chi connectivity index (χ3v) is 2.84. The van der Waals surface area contributed by atoms with Crippen molar-refractivity contribution in [1.82, 2.24) is 4.57 Å². The van der Waals surface area contributed by atoms with Crippen molar-refractivity contribution >= 4 is 23.2 Å². The Morgan fingerprint density at radius 2 is 2.17 bits per heavy atom. The Morgan fingerprint density at radius 3 is 2.78 bits per heavy atom. The number of aliphatic hydroxyl groups is 1. The van der Waals surface area contributed by atoms with E-state index >= 15 is 0 Å². The van der Waals surface area contributed by atoms with Gasteiger partial charge in [0.05, 0.1) is 11.1 Å². The van der Waals surface area contributed by atoms with Crippen molar-refractivity contribution in [3.63, 3.8) is 0 Å². The molecule has 18 heavy (non-hydrogen) atoms. The number of aryl methyl sites for hydroxylation is 1. The highest BCUT2D eigenvalue weighted by atomic mass is 16.4. The van der Waals surface area contributed by atoms with Crippen molar-refractivity contribution < 1.29 is 19.8 Å². The molecule has 0 unspecified atom stereocenters. The van der Waals surface area contributed by atoms with E-state index in [1.165, 1.54) is 6.07 Å². The van der Waals surface area contributed by atoms with Crippen LogP contribution in [0.2, 0.25) is 0 Å². The van der Waals surface area contributed by atoms with Crippen LogP contribution in [-0.2, 0) is 6.54 Å². The van der Waals surface area contributed by atoms with Gasteiger partial charge in [-0.25, -0.2) is 4.79 Å². The lowest BCUT2D eigenvalue weighted by Crippen LogP contribution is -2.04. The van der Waals surface area contributed by atoms with Gasteiger partial charge in [-0.15, -0.1) is 0 Å². The highest BCUT2D eigenvalue weighted by molar-refractivity contribution is 6.07. The number of carboxylic acids is 1. The number of hydrogen-bond donors (Lipinski definition) is 2. The number of para-hydroxylation sites is 1. The van der Waals surface area contributed by atoms with Crippen LogP contribution in [0.3, 0.4) is 0 Å². The van der Waals surface area contributed by atoms with Crippen LogP contribution in [0.4, 0.5) is 0 Å². The lowest BCUT2D eigenvalue weighted by Gasteiger charge is -2.06. The molecule has 1 aromatic heterocycles. The molecular formula is C13H13NO4. The third-order valence-electron chi connectivity index (χ3n) is 2.84. The normalized spacial score (nSPS) is 10.7. The topological polar surface area (TPSA) is 79.5 Å². The van der Waals surface area contributed by atoms with Crippen LogP contribution >= 0.6 is 0 Å². The molecule has 0 spiro atoms. The molecule has 0 radical (unpaired) electrons. The van der Waals surface area contributed by atoms with Gasteiger partial charge in [0.15, 0.2) is 6.29 Å². The average Bonchev–Trinajstić information content (AvgIpc) is 2.74. The predicted octanol–water partition coefficient (Wildman–Crippen LogP) is 1.53. The number of carbonyl (C=O) groups is 2. The summed E-state index contributed by atoms with van der Waals surface area (Å²) < 4.78 is 1.71. The lowest BCUT2D eigenvalue weighted by atomic mass is 10.1. The lowest BCUT2D eigenvalue weighted by molar-refractivity contribution is 0.0698. The van der Waals surface area contributed by atoms with Gasteiger partial charge in [0.25, 0.3) is 0 Å². The summed E-state index contributed by atoms with van der Waals surface area (Å²) in [4.78, 5) is 22.2. The SMILES string of the molecule is O=Cc1cn(CCCO)c2c(C(=O)O)cccc12. The number of aromatic carboxylic acids is 1. The van der Waals surface area contributed by atoms with Gasteiger partial charge < -0.3 is 14.8 Å². The van der Waals surface area contributed by atoms with Gasteiger partial charge in [0.1, 0.15) is 0 Å². The average molecular weight is 247 g/mol. The molecule has 94 valence electrons. The molecule has 0 atom stereocenters. The molecule has 5 nitrogen and oxygen atoms in total.